The van der Waals surface area contributed by atoms with E-state index in [0.29, 0.717) is 23.3 Å². The number of nitrogens with two attached hydrogens (primary N) is 1. The number of fused-ring (bicyclic) bond motifs is 1. The summed E-state index contributed by atoms with van der Waals surface area (Å²) in [6, 6.07) is 15.3. The molecule has 0 fully saturated rings. The van der Waals surface area contributed by atoms with Crippen LogP contribution in [0.3, 0.4) is 0 Å². The third-order valence-electron chi connectivity index (χ3n) is 3.63. The molecule has 0 radical (unpaired) electrons. The monoisotopic (exact) mass is 317 g/mol. The van der Waals surface area contributed by atoms with Crippen LogP contribution in [0.5, 0.6) is 0 Å². The molecule has 0 aliphatic carbocycles. The van der Waals surface area contributed by atoms with E-state index in [1.54, 1.807) is 0 Å². The molecule has 0 saturated heterocycles. The van der Waals surface area contributed by atoms with Gasteiger partial charge >= 0.3 is 0 Å². The van der Waals surface area contributed by atoms with Crippen molar-refractivity contribution in [1.29, 1.82) is 0 Å². The van der Waals surface area contributed by atoms with Crippen molar-refractivity contribution in [3.63, 3.8) is 0 Å². The molecule has 0 aliphatic rings. The Morgan fingerprint density at radius 3 is 2.54 bits per heavy atom. The van der Waals surface area contributed by atoms with Crippen molar-refractivity contribution in [3.05, 3.63) is 54.4 Å². The molecule has 0 saturated carbocycles. The lowest BCUT2D eigenvalue weighted by atomic mass is 10.1. The molecular weight excluding hydrogens is 302 g/mol. The number of benzene rings is 2. The number of H-pyrrole nitrogens is 1. The minimum atomic E-state index is 0.461. The van der Waals surface area contributed by atoms with E-state index in [0.717, 1.165) is 22.3 Å². The first kappa shape index (κ1) is 14.1. The number of aryl methyl sites for hydroxylation is 1. The second kappa shape index (κ2) is 5.62. The molecular formula is C17H15N7. The maximum atomic E-state index is 6.07. The third-order valence-corrected chi connectivity index (χ3v) is 3.63. The van der Waals surface area contributed by atoms with Crippen LogP contribution >= 0.6 is 0 Å². The van der Waals surface area contributed by atoms with Crippen molar-refractivity contribution in [3.8, 4) is 11.4 Å². The van der Waals surface area contributed by atoms with E-state index in [9.17, 15) is 0 Å². The Morgan fingerprint density at radius 1 is 0.958 bits per heavy atom. The van der Waals surface area contributed by atoms with E-state index < -0.39 is 0 Å². The normalized spacial score (nSPS) is 10.9. The lowest BCUT2D eigenvalue weighted by molar-refractivity contribution is 1.04. The standard InChI is InChI=1S/C17H15N7/c1-10-19-17(24-23-10)22-16-12-7-3-5-9-14(12)20-15(21-16)11-6-2-4-8-13(11)18/h2-9H,18H2,1H3,(H2,19,20,21,22,23,24). The van der Waals surface area contributed by atoms with Crippen LogP contribution in [0.2, 0.25) is 0 Å². The molecule has 7 nitrogen and oxygen atoms in total. The summed E-state index contributed by atoms with van der Waals surface area (Å²) < 4.78 is 0. The Hall–Kier alpha value is -3.48. The second-order valence-corrected chi connectivity index (χ2v) is 5.37. The number of nitrogen functional groups attached to an aromatic ring is 1. The highest BCUT2D eigenvalue weighted by atomic mass is 15.3. The Balaban J connectivity index is 1.89. The van der Waals surface area contributed by atoms with Crippen LogP contribution in [0.25, 0.3) is 22.3 Å². The van der Waals surface area contributed by atoms with Gasteiger partial charge in [-0.3, -0.25) is 5.10 Å². The average molecular weight is 317 g/mol. The van der Waals surface area contributed by atoms with Crippen LogP contribution < -0.4 is 11.1 Å². The Labute approximate surface area is 138 Å². The van der Waals surface area contributed by atoms with Gasteiger partial charge in [0.2, 0.25) is 5.95 Å². The van der Waals surface area contributed by atoms with Gasteiger partial charge in [0.25, 0.3) is 0 Å². The highest BCUT2D eigenvalue weighted by molar-refractivity contribution is 5.92. The quantitative estimate of drug-likeness (QED) is 0.502. The van der Waals surface area contributed by atoms with E-state index in [1.165, 1.54) is 0 Å². The van der Waals surface area contributed by atoms with Gasteiger partial charge in [0.05, 0.1) is 5.52 Å². The SMILES string of the molecule is Cc1nc(Nc2nc(-c3ccccc3N)nc3ccccc23)n[nH]1. The molecule has 4 aromatic rings. The van der Waals surface area contributed by atoms with Crippen LogP contribution in [0.1, 0.15) is 5.82 Å². The number of hydrogen-bond acceptors (Lipinski definition) is 6. The number of anilines is 3. The van der Waals surface area contributed by atoms with Gasteiger partial charge in [-0.25, -0.2) is 9.97 Å². The van der Waals surface area contributed by atoms with E-state index in [-0.39, 0.29) is 0 Å². The van der Waals surface area contributed by atoms with E-state index in [4.69, 9.17) is 5.73 Å². The van der Waals surface area contributed by atoms with Gasteiger partial charge < -0.3 is 11.1 Å². The molecule has 2 aromatic carbocycles. The zero-order chi connectivity index (χ0) is 16.5. The summed E-state index contributed by atoms with van der Waals surface area (Å²) in [5.41, 5.74) is 8.31. The predicted molar refractivity (Wildman–Crippen MR) is 93.8 cm³/mol. The van der Waals surface area contributed by atoms with E-state index >= 15 is 0 Å². The van der Waals surface area contributed by atoms with Gasteiger partial charge in [-0.1, -0.05) is 24.3 Å². The number of rotatable bonds is 3. The highest BCUT2D eigenvalue weighted by Gasteiger charge is 2.12. The largest absolute Gasteiger partial charge is 0.398 e. The van der Waals surface area contributed by atoms with Crippen molar-refractivity contribution in [1.82, 2.24) is 25.1 Å². The van der Waals surface area contributed by atoms with Gasteiger partial charge in [0.15, 0.2) is 5.82 Å². The molecule has 0 amide bonds. The van der Waals surface area contributed by atoms with E-state index in [2.05, 4.69) is 30.5 Å². The third kappa shape index (κ3) is 2.52. The number of nitrogens with zero attached hydrogens (tertiary/aromatic N) is 4. The first-order valence-corrected chi connectivity index (χ1v) is 7.48. The van der Waals surface area contributed by atoms with Gasteiger partial charge in [-0.2, -0.15) is 4.98 Å². The maximum Gasteiger partial charge on any atom is 0.247 e. The van der Waals surface area contributed by atoms with Crippen LogP contribution in [0.15, 0.2) is 48.5 Å². The maximum absolute atomic E-state index is 6.07. The van der Waals surface area contributed by atoms with Gasteiger partial charge in [-0.05, 0) is 31.2 Å². The molecule has 2 heterocycles. The predicted octanol–water partition coefficient (Wildman–Crippen LogP) is 3.05. The molecule has 0 bridgehead atoms. The number of hydrogen-bond donors (Lipinski definition) is 3. The highest BCUT2D eigenvalue weighted by Crippen LogP contribution is 2.28. The Kier molecular flexibility index (Phi) is 3.31. The second-order valence-electron chi connectivity index (χ2n) is 5.37. The summed E-state index contributed by atoms with van der Waals surface area (Å²) in [5, 5.41) is 11.0. The fraction of sp³-hybridized carbons (Fsp3) is 0.0588. The topological polar surface area (TPSA) is 105 Å². The minimum Gasteiger partial charge on any atom is -0.398 e. The molecule has 0 atom stereocenters. The molecule has 4 N–H and O–H groups in total. The van der Waals surface area contributed by atoms with E-state index in [1.807, 2.05) is 55.5 Å². The average Bonchev–Trinajstić information content (AvgIpc) is 3.00. The van der Waals surface area contributed by atoms with Crippen LogP contribution in [0, 0.1) is 6.92 Å². The summed E-state index contributed by atoms with van der Waals surface area (Å²) in [7, 11) is 0. The van der Waals surface area contributed by atoms with Crippen LogP contribution in [-0.4, -0.2) is 25.1 Å². The zero-order valence-corrected chi connectivity index (χ0v) is 13.0. The summed E-state index contributed by atoms with van der Waals surface area (Å²) in [6.45, 7) is 1.84. The van der Waals surface area contributed by atoms with Crippen molar-refractivity contribution >= 4 is 28.4 Å². The lowest BCUT2D eigenvalue weighted by Crippen LogP contribution is -2.01. The van der Waals surface area contributed by atoms with Crippen molar-refractivity contribution in [2.45, 2.75) is 6.92 Å². The fourth-order valence-corrected chi connectivity index (χ4v) is 2.50. The van der Waals surface area contributed by atoms with Crippen molar-refractivity contribution in [2.75, 3.05) is 11.1 Å². The number of para-hydroxylation sites is 2. The smallest absolute Gasteiger partial charge is 0.247 e. The van der Waals surface area contributed by atoms with Gasteiger partial charge in [0.1, 0.15) is 11.6 Å². The zero-order valence-electron chi connectivity index (χ0n) is 13.0. The summed E-state index contributed by atoms with van der Waals surface area (Å²) in [5.74, 6) is 2.38. The van der Waals surface area contributed by atoms with Gasteiger partial charge in [-0.15, -0.1) is 5.10 Å². The molecule has 0 unspecified atom stereocenters. The summed E-state index contributed by atoms with van der Waals surface area (Å²) in [4.78, 5) is 13.5. The molecule has 24 heavy (non-hydrogen) atoms. The molecule has 7 heteroatoms. The fourth-order valence-electron chi connectivity index (χ4n) is 2.50. The lowest BCUT2D eigenvalue weighted by Gasteiger charge is -2.10. The first-order valence-electron chi connectivity index (χ1n) is 7.48. The van der Waals surface area contributed by atoms with Gasteiger partial charge in [0, 0.05) is 16.6 Å². The molecule has 2 aromatic heterocycles. The molecule has 0 spiro atoms. The van der Waals surface area contributed by atoms with Crippen molar-refractivity contribution in [2.24, 2.45) is 0 Å². The van der Waals surface area contributed by atoms with Crippen LogP contribution in [-0.2, 0) is 0 Å². The Morgan fingerprint density at radius 2 is 1.75 bits per heavy atom. The Bertz CT molecular complexity index is 1020. The molecule has 4 rings (SSSR count). The summed E-state index contributed by atoms with van der Waals surface area (Å²) >= 11 is 0. The number of nitrogens with one attached hydrogen (secondary N) is 2. The molecule has 0 aliphatic heterocycles. The summed E-state index contributed by atoms with van der Waals surface area (Å²) in [6.07, 6.45) is 0. The molecule has 118 valence electrons. The number of aromatic amines is 1. The minimum absolute atomic E-state index is 0.461. The first-order chi connectivity index (χ1) is 11.7. The van der Waals surface area contributed by atoms with Crippen LogP contribution in [0.4, 0.5) is 17.5 Å². The van der Waals surface area contributed by atoms with Crippen molar-refractivity contribution < 1.29 is 0 Å². The number of aromatic nitrogens is 5.